The van der Waals surface area contributed by atoms with Crippen molar-refractivity contribution in [3.8, 4) is 55.6 Å². The van der Waals surface area contributed by atoms with Crippen molar-refractivity contribution in [1.29, 1.82) is 0 Å². The van der Waals surface area contributed by atoms with E-state index in [9.17, 15) is 0 Å². The minimum atomic E-state index is -0.511. The summed E-state index contributed by atoms with van der Waals surface area (Å²) in [5, 5.41) is 0. The largest absolute Gasteiger partial charge is 0.310 e. The highest BCUT2D eigenvalue weighted by Crippen LogP contribution is 2.60. The molecule has 0 aromatic heterocycles. The first-order valence-electron chi connectivity index (χ1n) is 24.1. The molecule has 0 unspecified atom stereocenters. The summed E-state index contributed by atoms with van der Waals surface area (Å²) in [5.74, 6) is 0. The lowest BCUT2D eigenvalue weighted by Crippen LogP contribution is -2.28. The second kappa shape index (κ2) is 15.0. The van der Waals surface area contributed by atoms with Gasteiger partial charge in [-0.1, -0.05) is 228 Å². The van der Waals surface area contributed by atoms with E-state index in [0.717, 1.165) is 17.1 Å². The molecular formula is C67H51N. The van der Waals surface area contributed by atoms with Crippen molar-refractivity contribution < 1.29 is 0 Å². The van der Waals surface area contributed by atoms with Crippen molar-refractivity contribution >= 4 is 17.1 Å². The maximum Gasteiger partial charge on any atom is 0.0714 e. The highest BCUT2D eigenvalue weighted by atomic mass is 15.1. The first-order valence-corrected chi connectivity index (χ1v) is 24.1. The molecule has 0 fully saturated rings. The summed E-state index contributed by atoms with van der Waals surface area (Å²) in [6.07, 6.45) is 0. The first kappa shape index (κ1) is 40.3. The van der Waals surface area contributed by atoms with Gasteiger partial charge in [0.2, 0.25) is 0 Å². The summed E-state index contributed by atoms with van der Waals surface area (Å²) in [6, 6.07) is 88.6. The van der Waals surface area contributed by atoms with Gasteiger partial charge in [0, 0.05) is 27.8 Å². The Kier molecular flexibility index (Phi) is 8.89. The lowest BCUT2D eigenvalue weighted by atomic mass is 9.68. The number of benzene rings is 10. The summed E-state index contributed by atoms with van der Waals surface area (Å²) in [4.78, 5) is 2.49. The van der Waals surface area contributed by atoms with Gasteiger partial charge in [-0.05, 0) is 131 Å². The van der Waals surface area contributed by atoms with E-state index in [1.54, 1.807) is 0 Å². The molecule has 0 saturated carbocycles. The van der Waals surface area contributed by atoms with E-state index in [0.29, 0.717) is 0 Å². The van der Waals surface area contributed by atoms with Crippen LogP contribution in [0.15, 0.2) is 237 Å². The Morgan fingerprint density at radius 1 is 0.294 bits per heavy atom. The normalized spacial score (nSPS) is 14.8. The van der Waals surface area contributed by atoms with E-state index in [2.05, 4.69) is 269 Å². The zero-order valence-corrected chi connectivity index (χ0v) is 39.0. The predicted octanol–water partition coefficient (Wildman–Crippen LogP) is 17.5. The van der Waals surface area contributed by atoms with Crippen LogP contribution in [-0.2, 0) is 16.2 Å². The third kappa shape index (κ3) is 5.69. The molecule has 68 heavy (non-hydrogen) atoms. The third-order valence-electron chi connectivity index (χ3n) is 15.8. The molecule has 324 valence electrons. The van der Waals surface area contributed by atoms with Gasteiger partial charge >= 0.3 is 0 Å². The maximum atomic E-state index is 2.49. The van der Waals surface area contributed by atoms with E-state index >= 15 is 0 Å². The Morgan fingerprint density at radius 3 is 1.40 bits per heavy atom. The summed E-state index contributed by atoms with van der Waals surface area (Å²) >= 11 is 0. The van der Waals surface area contributed by atoms with Crippen LogP contribution in [0.3, 0.4) is 0 Å². The van der Waals surface area contributed by atoms with Crippen molar-refractivity contribution in [2.45, 2.75) is 43.9 Å². The summed E-state index contributed by atoms with van der Waals surface area (Å²) in [7, 11) is 0. The quantitative estimate of drug-likeness (QED) is 0.154. The van der Waals surface area contributed by atoms with Crippen LogP contribution in [0.5, 0.6) is 0 Å². The van der Waals surface area contributed by atoms with Crippen LogP contribution in [0.1, 0.15) is 72.2 Å². The molecule has 0 amide bonds. The zero-order chi connectivity index (χ0) is 45.8. The van der Waals surface area contributed by atoms with Gasteiger partial charge in [-0.2, -0.15) is 0 Å². The lowest BCUT2D eigenvalue weighted by Gasteiger charge is -2.34. The number of fused-ring (bicyclic) bond motifs is 9. The van der Waals surface area contributed by atoms with Crippen LogP contribution in [0, 0.1) is 0 Å². The van der Waals surface area contributed by atoms with Crippen molar-refractivity contribution in [1.82, 2.24) is 0 Å². The van der Waals surface area contributed by atoms with E-state index in [1.807, 2.05) is 0 Å². The van der Waals surface area contributed by atoms with Gasteiger partial charge in [0.15, 0.2) is 0 Å². The third-order valence-corrected chi connectivity index (χ3v) is 15.8. The molecule has 3 aliphatic rings. The van der Waals surface area contributed by atoms with Gasteiger partial charge < -0.3 is 4.90 Å². The van der Waals surface area contributed by atoms with Crippen LogP contribution < -0.4 is 4.90 Å². The van der Waals surface area contributed by atoms with Crippen LogP contribution in [0.2, 0.25) is 0 Å². The average molecular weight is 870 g/mol. The molecule has 0 spiro atoms. The molecule has 13 rings (SSSR count). The lowest BCUT2D eigenvalue weighted by molar-refractivity contribution is 0.660. The standard InChI is InChI=1S/C67H51N/c1-65(2)57-28-14-11-23-52(57)54-42-37-46(43-61(54)65)44-33-38-49(39-34-44)68(50-40-35-45(36-41-50)51-26-17-27-55-53-24-12-15-29-58(53)66(3,4)64(51)55)62-32-18-31-60-63(62)56-25-13-16-30-59(56)67(60,47-19-7-5-8-20-47)48-21-9-6-10-22-48/h5-43H,1-4H3. The van der Waals surface area contributed by atoms with Crippen molar-refractivity contribution in [3.63, 3.8) is 0 Å². The van der Waals surface area contributed by atoms with Crippen LogP contribution >= 0.6 is 0 Å². The molecular weight excluding hydrogens is 819 g/mol. The number of rotatable bonds is 7. The molecule has 0 N–H and O–H groups in total. The Labute approximate surface area is 400 Å². The van der Waals surface area contributed by atoms with Gasteiger partial charge in [-0.25, -0.2) is 0 Å². The second-order valence-corrected chi connectivity index (χ2v) is 20.0. The van der Waals surface area contributed by atoms with Gasteiger partial charge in [0.1, 0.15) is 0 Å². The number of nitrogens with zero attached hydrogens (tertiary/aromatic N) is 1. The molecule has 0 radical (unpaired) electrons. The van der Waals surface area contributed by atoms with E-state index < -0.39 is 5.41 Å². The van der Waals surface area contributed by atoms with E-state index in [-0.39, 0.29) is 10.8 Å². The van der Waals surface area contributed by atoms with Gasteiger partial charge in [-0.3, -0.25) is 0 Å². The number of hydrogen-bond acceptors (Lipinski definition) is 1. The van der Waals surface area contributed by atoms with Crippen LogP contribution in [0.25, 0.3) is 55.6 Å². The fourth-order valence-corrected chi connectivity index (χ4v) is 12.7. The highest BCUT2D eigenvalue weighted by molar-refractivity contribution is 5.98. The highest BCUT2D eigenvalue weighted by Gasteiger charge is 2.47. The monoisotopic (exact) mass is 869 g/mol. The van der Waals surface area contributed by atoms with Crippen molar-refractivity contribution in [3.05, 3.63) is 281 Å². The average Bonchev–Trinajstić information content (AvgIpc) is 3.92. The fourth-order valence-electron chi connectivity index (χ4n) is 12.7. The minimum absolute atomic E-state index is 0.0664. The smallest absolute Gasteiger partial charge is 0.0714 e. The minimum Gasteiger partial charge on any atom is -0.310 e. The SMILES string of the molecule is CC1(C)c2ccccc2-c2ccc(-c3ccc(N(c4ccc(-c5cccc6c5C(C)(C)c5ccccc5-6)cc4)c4cccc5c4-c4ccccc4C5(c4ccccc4)c4ccccc4)cc3)cc21. The zero-order valence-electron chi connectivity index (χ0n) is 39.0. The molecule has 0 atom stereocenters. The topological polar surface area (TPSA) is 3.24 Å². The Balaban J connectivity index is 0.988. The van der Waals surface area contributed by atoms with Gasteiger partial charge in [-0.15, -0.1) is 0 Å². The molecule has 0 bridgehead atoms. The first-order chi connectivity index (χ1) is 33.3. The second-order valence-electron chi connectivity index (χ2n) is 20.0. The maximum absolute atomic E-state index is 2.49. The summed E-state index contributed by atoms with van der Waals surface area (Å²) in [6.45, 7) is 9.48. The van der Waals surface area contributed by atoms with E-state index in [4.69, 9.17) is 0 Å². The molecule has 3 aliphatic carbocycles. The molecule has 10 aromatic rings. The van der Waals surface area contributed by atoms with Gasteiger partial charge in [0.25, 0.3) is 0 Å². The van der Waals surface area contributed by atoms with Crippen LogP contribution in [0.4, 0.5) is 17.1 Å². The van der Waals surface area contributed by atoms with Gasteiger partial charge in [0.05, 0.1) is 11.1 Å². The Morgan fingerprint density at radius 2 is 0.750 bits per heavy atom. The predicted molar refractivity (Wildman–Crippen MR) is 284 cm³/mol. The molecule has 0 saturated heterocycles. The molecule has 0 aliphatic heterocycles. The Bertz CT molecular complexity index is 3560. The van der Waals surface area contributed by atoms with Crippen LogP contribution in [-0.4, -0.2) is 0 Å². The number of hydrogen-bond donors (Lipinski definition) is 0. The molecule has 1 nitrogen and oxygen atoms in total. The molecule has 1 heteroatoms. The molecule has 10 aromatic carbocycles. The van der Waals surface area contributed by atoms with E-state index in [1.165, 1.54) is 100 Å². The van der Waals surface area contributed by atoms with Crippen molar-refractivity contribution in [2.75, 3.05) is 4.90 Å². The molecule has 0 heterocycles. The fraction of sp³-hybridized carbons (Fsp3) is 0.104. The summed E-state index contributed by atoms with van der Waals surface area (Å²) < 4.78 is 0. The van der Waals surface area contributed by atoms with Crippen molar-refractivity contribution in [2.24, 2.45) is 0 Å². The number of anilines is 3. The summed E-state index contributed by atoms with van der Waals surface area (Å²) in [5.41, 5.74) is 26.2. The Hall–Kier alpha value is -8.00.